The Balaban J connectivity index is 2.96. The van der Waals surface area contributed by atoms with Gasteiger partial charge in [0.1, 0.15) is 0 Å². The maximum absolute atomic E-state index is 11.7. The average Bonchev–Trinajstić information content (AvgIpc) is 2.51. The quantitative estimate of drug-likeness (QED) is 0.454. The molecular weight excluding hydrogens is 256 g/mol. The Hall–Kier alpha value is -2.36. The summed E-state index contributed by atoms with van der Waals surface area (Å²) in [7, 11) is 2.47. The SMILES string of the molecule is C=CC(C=Cc1ccccc1)C(C(=O)OC)C(=O)OC. The van der Waals surface area contributed by atoms with Crippen LogP contribution in [0, 0.1) is 11.8 Å². The van der Waals surface area contributed by atoms with Crippen LogP contribution in [0.1, 0.15) is 5.56 Å². The lowest BCUT2D eigenvalue weighted by Crippen LogP contribution is -2.31. The highest BCUT2D eigenvalue weighted by atomic mass is 16.5. The van der Waals surface area contributed by atoms with Crippen molar-refractivity contribution in [1.29, 1.82) is 0 Å². The monoisotopic (exact) mass is 274 g/mol. The smallest absolute Gasteiger partial charge is 0.320 e. The van der Waals surface area contributed by atoms with Gasteiger partial charge in [0.05, 0.1) is 14.2 Å². The number of carbonyl (C=O) groups is 2. The standard InChI is InChI=1S/C16H18O4/c1-4-13(11-10-12-8-6-5-7-9-12)14(15(17)19-2)16(18)20-3/h4-11,13-14H,1H2,2-3H3. The zero-order chi connectivity index (χ0) is 15.0. The molecule has 0 radical (unpaired) electrons. The van der Waals surface area contributed by atoms with Crippen LogP contribution in [0.4, 0.5) is 0 Å². The number of benzene rings is 1. The van der Waals surface area contributed by atoms with E-state index < -0.39 is 23.8 Å². The van der Waals surface area contributed by atoms with Crippen LogP contribution in [0.15, 0.2) is 49.1 Å². The Kier molecular flexibility index (Phi) is 6.23. The van der Waals surface area contributed by atoms with Crippen molar-refractivity contribution in [3.8, 4) is 0 Å². The van der Waals surface area contributed by atoms with Gasteiger partial charge in [0, 0.05) is 5.92 Å². The fourth-order valence-electron chi connectivity index (χ4n) is 1.78. The van der Waals surface area contributed by atoms with E-state index in [-0.39, 0.29) is 0 Å². The first-order chi connectivity index (χ1) is 9.63. The van der Waals surface area contributed by atoms with Crippen LogP contribution in [0.2, 0.25) is 0 Å². The number of rotatable bonds is 6. The lowest BCUT2D eigenvalue weighted by Gasteiger charge is -2.17. The molecule has 1 rings (SSSR count). The molecule has 0 heterocycles. The third kappa shape index (κ3) is 4.09. The summed E-state index contributed by atoms with van der Waals surface area (Å²) in [5.41, 5.74) is 0.966. The minimum atomic E-state index is -1.04. The molecule has 0 saturated carbocycles. The lowest BCUT2D eigenvalue weighted by atomic mass is 9.91. The molecule has 4 heteroatoms. The van der Waals surface area contributed by atoms with E-state index in [1.165, 1.54) is 20.3 Å². The molecule has 0 amide bonds. The molecule has 0 fully saturated rings. The van der Waals surface area contributed by atoms with E-state index in [1.54, 1.807) is 6.08 Å². The Bertz CT molecular complexity index is 474. The topological polar surface area (TPSA) is 52.6 Å². The van der Waals surface area contributed by atoms with E-state index in [9.17, 15) is 9.59 Å². The normalized spacial score (nSPS) is 12.2. The van der Waals surface area contributed by atoms with Gasteiger partial charge in [0.25, 0.3) is 0 Å². The molecule has 4 nitrogen and oxygen atoms in total. The highest BCUT2D eigenvalue weighted by Crippen LogP contribution is 2.20. The maximum atomic E-state index is 11.7. The first kappa shape index (κ1) is 15.7. The molecule has 0 aliphatic rings. The van der Waals surface area contributed by atoms with Gasteiger partial charge in [0.15, 0.2) is 5.92 Å². The second kappa shape index (κ2) is 7.94. The molecule has 0 aliphatic heterocycles. The molecule has 0 spiro atoms. The minimum Gasteiger partial charge on any atom is -0.468 e. The average molecular weight is 274 g/mol. The molecule has 106 valence electrons. The predicted molar refractivity (Wildman–Crippen MR) is 76.7 cm³/mol. The minimum absolute atomic E-state index is 0.491. The van der Waals surface area contributed by atoms with Gasteiger partial charge in [-0.05, 0) is 5.56 Å². The van der Waals surface area contributed by atoms with Crippen molar-refractivity contribution < 1.29 is 19.1 Å². The molecule has 1 unspecified atom stereocenters. The maximum Gasteiger partial charge on any atom is 0.320 e. The Morgan fingerprint density at radius 3 is 2.10 bits per heavy atom. The highest BCUT2D eigenvalue weighted by Gasteiger charge is 2.33. The van der Waals surface area contributed by atoms with Crippen LogP contribution < -0.4 is 0 Å². The van der Waals surface area contributed by atoms with Crippen LogP contribution in [-0.4, -0.2) is 26.2 Å². The summed E-state index contributed by atoms with van der Waals surface area (Å²) < 4.78 is 9.30. The second-order valence-corrected chi connectivity index (χ2v) is 4.11. The van der Waals surface area contributed by atoms with Gasteiger partial charge in [-0.25, -0.2) is 0 Å². The molecule has 1 aromatic rings. The van der Waals surface area contributed by atoms with E-state index in [4.69, 9.17) is 0 Å². The lowest BCUT2D eigenvalue weighted by molar-refractivity contribution is -0.159. The summed E-state index contributed by atoms with van der Waals surface area (Å²) >= 11 is 0. The van der Waals surface area contributed by atoms with Gasteiger partial charge < -0.3 is 9.47 Å². The Morgan fingerprint density at radius 2 is 1.65 bits per heavy atom. The summed E-state index contributed by atoms with van der Waals surface area (Å²) in [6.07, 6.45) is 5.09. The zero-order valence-electron chi connectivity index (χ0n) is 11.6. The number of hydrogen-bond donors (Lipinski definition) is 0. The molecule has 1 atom stereocenters. The summed E-state index contributed by atoms with van der Waals surface area (Å²) in [4.78, 5) is 23.4. The third-order valence-electron chi connectivity index (χ3n) is 2.88. The molecule has 0 aliphatic carbocycles. The fraction of sp³-hybridized carbons (Fsp3) is 0.250. The summed E-state index contributed by atoms with van der Waals surface area (Å²) in [5.74, 6) is -2.81. The van der Waals surface area contributed by atoms with Crippen LogP contribution in [-0.2, 0) is 19.1 Å². The molecule has 0 N–H and O–H groups in total. The number of esters is 2. The summed E-state index contributed by atoms with van der Waals surface area (Å²) in [5, 5.41) is 0. The van der Waals surface area contributed by atoms with Crippen LogP contribution >= 0.6 is 0 Å². The van der Waals surface area contributed by atoms with Gasteiger partial charge in [-0.1, -0.05) is 48.6 Å². The van der Waals surface area contributed by atoms with Gasteiger partial charge in [0.2, 0.25) is 0 Å². The summed E-state index contributed by atoms with van der Waals surface area (Å²) in [6.45, 7) is 3.66. The van der Waals surface area contributed by atoms with E-state index in [1.807, 2.05) is 36.4 Å². The predicted octanol–water partition coefficient (Wildman–Crippen LogP) is 2.46. The number of hydrogen-bond acceptors (Lipinski definition) is 4. The fourth-order valence-corrected chi connectivity index (χ4v) is 1.78. The van der Waals surface area contributed by atoms with Crippen molar-refractivity contribution in [3.05, 3.63) is 54.6 Å². The number of allylic oxidation sites excluding steroid dienone is 2. The third-order valence-corrected chi connectivity index (χ3v) is 2.88. The van der Waals surface area contributed by atoms with E-state index in [2.05, 4.69) is 16.1 Å². The van der Waals surface area contributed by atoms with Gasteiger partial charge in [-0.2, -0.15) is 0 Å². The van der Waals surface area contributed by atoms with Gasteiger partial charge in [-0.3, -0.25) is 9.59 Å². The van der Waals surface area contributed by atoms with E-state index in [0.29, 0.717) is 0 Å². The molecule has 20 heavy (non-hydrogen) atoms. The molecular formula is C16H18O4. The number of carbonyl (C=O) groups excluding carboxylic acids is 2. The number of methoxy groups -OCH3 is 2. The molecule has 0 saturated heterocycles. The van der Waals surface area contributed by atoms with Crippen LogP contribution in [0.3, 0.4) is 0 Å². The van der Waals surface area contributed by atoms with Crippen molar-refractivity contribution in [2.75, 3.05) is 14.2 Å². The second-order valence-electron chi connectivity index (χ2n) is 4.11. The van der Waals surface area contributed by atoms with Gasteiger partial charge >= 0.3 is 11.9 Å². The first-order valence-electron chi connectivity index (χ1n) is 6.15. The van der Waals surface area contributed by atoms with Crippen molar-refractivity contribution in [1.82, 2.24) is 0 Å². The van der Waals surface area contributed by atoms with Crippen LogP contribution in [0.5, 0.6) is 0 Å². The van der Waals surface area contributed by atoms with Gasteiger partial charge in [-0.15, -0.1) is 6.58 Å². The first-order valence-corrected chi connectivity index (χ1v) is 6.15. The largest absolute Gasteiger partial charge is 0.468 e. The number of ether oxygens (including phenoxy) is 2. The zero-order valence-corrected chi connectivity index (χ0v) is 11.6. The van der Waals surface area contributed by atoms with Crippen molar-refractivity contribution in [2.24, 2.45) is 11.8 Å². The molecule has 0 bridgehead atoms. The van der Waals surface area contributed by atoms with E-state index >= 15 is 0 Å². The van der Waals surface area contributed by atoms with E-state index in [0.717, 1.165) is 5.56 Å². The summed E-state index contributed by atoms with van der Waals surface area (Å²) in [6, 6.07) is 9.55. The Morgan fingerprint density at radius 1 is 1.10 bits per heavy atom. The van der Waals surface area contributed by atoms with Crippen molar-refractivity contribution >= 4 is 18.0 Å². The van der Waals surface area contributed by atoms with Crippen LogP contribution in [0.25, 0.3) is 6.08 Å². The molecule has 0 aromatic heterocycles. The Labute approximate surface area is 118 Å². The molecule has 1 aromatic carbocycles. The van der Waals surface area contributed by atoms with Crippen molar-refractivity contribution in [2.45, 2.75) is 0 Å². The van der Waals surface area contributed by atoms with Crippen molar-refractivity contribution in [3.63, 3.8) is 0 Å². The highest BCUT2D eigenvalue weighted by molar-refractivity contribution is 5.95.